The second kappa shape index (κ2) is 9.56. The lowest BCUT2D eigenvalue weighted by Gasteiger charge is -2.16. The van der Waals surface area contributed by atoms with E-state index in [0.29, 0.717) is 43.8 Å². The first-order chi connectivity index (χ1) is 15.0. The molecule has 2 aromatic carbocycles. The van der Waals surface area contributed by atoms with Crippen molar-refractivity contribution in [3.63, 3.8) is 0 Å². The Bertz CT molecular complexity index is 1170. The number of halogens is 2. The Hall–Kier alpha value is -2.80. The molecule has 0 radical (unpaired) electrons. The predicted octanol–water partition coefficient (Wildman–Crippen LogP) is 6.60. The second-order valence-electron chi connectivity index (χ2n) is 6.43. The van der Waals surface area contributed by atoms with E-state index >= 15 is 0 Å². The van der Waals surface area contributed by atoms with Crippen molar-refractivity contribution in [3.8, 4) is 5.75 Å². The van der Waals surface area contributed by atoms with Crippen LogP contribution in [0.4, 0.5) is 11.5 Å². The second-order valence-corrected chi connectivity index (χ2v) is 8.28. The van der Waals surface area contributed by atoms with Crippen molar-refractivity contribution >= 4 is 63.6 Å². The minimum absolute atomic E-state index is 0.199. The summed E-state index contributed by atoms with van der Waals surface area (Å²) >= 11 is 13.6. The molecule has 5 nitrogen and oxygen atoms in total. The fourth-order valence-corrected chi connectivity index (χ4v) is 4.36. The van der Waals surface area contributed by atoms with E-state index in [1.165, 1.54) is 11.8 Å². The van der Waals surface area contributed by atoms with E-state index in [4.69, 9.17) is 27.9 Å². The zero-order valence-electron chi connectivity index (χ0n) is 16.5. The van der Waals surface area contributed by atoms with E-state index < -0.39 is 0 Å². The van der Waals surface area contributed by atoms with Gasteiger partial charge in [0.15, 0.2) is 11.0 Å². The number of nitrogens with zero attached hydrogens (tertiary/aromatic N) is 3. The van der Waals surface area contributed by atoms with Crippen LogP contribution in [0.25, 0.3) is 6.08 Å². The molecule has 3 aromatic rings. The van der Waals surface area contributed by atoms with Crippen LogP contribution in [-0.2, 0) is 4.79 Å². The molecule has 1 saturated heterocycles. The van der Waals surface area contributed by atoms with Crippen LogP contribution in [0.3, 0.4) is 0 Å². The van der Waals surface area contributed by atoms with Gasteiger partial charge in [0.2, 0.25) is 0 Å². The van der Waals surface area contributed by atoms with Gasteiger partial charge in [-0.2, -0.15) is 0 Å². The molecular weight excluding hydrogens is 453 g/mol. The lowest BCUT2D eigenvalue weighted by molar-refractivity contribution is -0.113. The first-order valence-electron chi connectivity index (χ1n) is 9.47. The highest BCUT2D eigenvalue weighted by atomic mass is 35.5. The van der Waals surface area contributed by atoms with Crippen molar-refractivity contribution in [2.45, 2.75) is 6.92 Å². The number of hydrogen-bond donors (Lipinski definition) is 0. The minimum Gasteiger partial charge on any atom is -0.494 e. The maximum atomic E-state index is 13.3. The van der Waals surface area contributed by atoms with Crippen LogP contribution in [-0.4, -0.2) is 22.7 Å². The first kappa shape index (κ1) is 21.4. The van der Waals surface area contributed by atoms with Crippen LogP contribution in [0.2, 0.25) is 10.0 Å². The number of benzene rings is 2. The highest BCUT2D eigenvalue weighted by Crippen LogP contribution is 2.38. The number of pyridine rings is 1. The molecule has 1 amide bonds. The number of hydrogen-bond acceptors (Lipinski definition) is 5. The smallest absolute Gasteiger partial charge is 0.271 e. The number of carbonyl (C=O) groups is 1. The topological polar surface area (TPSA) is 54.8 Å². The van der Waals surface area contributed by atoms with Gasteiger partial charge < -0.3 is 4.74 Å². The predicted molar refractivity (Wildman–Crippen MR) is 128 cm³/mol. The molecule has 2 heterocycles. The van der Waals surface area contributed by atoms with Gasteiger partial charge in [0, 0.05) is 16.2 Å². The van der Waals surface area contributed by atoms with Gasteiger partial charge in [-0.25, -0.2) is 9.98 Å². The molecule has 1 aliphatic rings. The number of ether oxygens (including phenoxy) is 1. The molecule has 0 saturated carbocycles. The van der Waals surface area contributed by atoms with Gasteiger partial charge in [-0.1, -0.05) is 35.3 Å². The quantitative estimate of drug-likeness (QED) is 0.395. The van der Waals surface area contributed by atoms with Crippen LogP contribution in [0.5, 0.6) is 5.75 Å². The molecular formula is C23H17Cl2N3O2S. The average molecular weight is 470 g/mol. The fraction of sp³-hybridized carbons (Fsp3) is 0.0870. The van der Waals surface area contributed by atoms with Crippen molar-refractivity contribution in [1.82, 2.24) is 4.98 Å². The average Bonchev–Trinajstić information content (AvgIpc) is 3.06. The van der Waals surface area contributed by atoms with Crippen molar-refractivity contribution in [2.75, 3.05) is 11.5 Å². The summed E-state index contributed by atoms with van der Waals surface area (Å²) in [6.07, 6.45) is 3.40. The Morgan fingerprint density at radius 1 is 1.13 bits per heavy atom. The van der Waals surface area contributed by atoms with Gasteiger partial charge in [-0.15, -0.1) is 0 Å². The first-order valence-corrected chi connectivity index (χ1v) is 11.0. The molecule has 0 aliphatic carbocycles. The Morgan fingerprint density at radius 3 is 2.61 bits per heavy atom. The number of carbonyl (C=O) groups excluding carboxylic acids is 1. The molecule has 4 rings (SSSR count). The third kappa shape index (κ3) is 4.93. The summed E-state index contributed by atoms with van der Waals surface area (Å²) in [5.41, 5.74) is 1.38. The summed E-state index contributed by atoms with van der Waals surface area (Å²) in [6.45, 7) is 2.49. The van der Waals surface area contributed by atoms with Crippen LogP contribution < -0.4 is 9.64 Å². The van der Waals surface area contributed by atoms with Crippen molar-refractivity contribution < 1.29 is 9.53 Å². The van der Waals surface area contributed by atoms with Gasteiger partial charge in [0.05, 0.1) is 17.2 Å². The van der Waals surface area contributed by atoms with E-state index in [9.17, 15) is 4.79 Å². The largest absolute Gasteiger partial charge is 0.494 e. The molecule has 1 fully saturated rings. The van der Waals surface area contributed by atoms with Crippen molar-refractivity contribution in [2.24, 2.45) is 4.99 Å². The summed E-state index contributed by atoms with van der Waals surface area (Å²) in [5.74, 6) is 1.05. The summed E-state index contributed by atoms with van der Waals surface area (Å²) in [5, 5.41) is 1.51. The SMILES string of the molecule is CCOc1ccc(N2C(=O)/C(=C/c3ccc(Cl)cc3Cl)S/C2=N\c2ccccn2)cc1. The molecule has 0 bridgehead atoms. The molecule has 0 atom stereocenters. The minimum atomic E-state index is -0.199. The summed E-state index contributed by atoms with van der Waals surface area (Å²) in [6, 6.07) is 17.9. The molecule has 0 unspecified atom stereocenters. The standard InChI is InChI=1S/C23H17Cl2N3O2S/c1-2-30-18-10-8-17(9-11-18)28-22(29)20(13-15-6-7-16(24)14-19(15)25)31-23(28)27-21-5-3-4-12-26-21/h3-14H,2H2,1H3/b20-13-,27-23-. The number of aromatic nitrogens is 1. The van der Waals surface area contributed by atoms with Crippen molar-refractivity contribution in [1.29, 1.82) is 0 Å². The fourth-order valence-electron chi connectivity index (χ4n) is 2.91. The number of thioether (sulfide) groups is 1. The molecule has 8 heteroatoms. The van der Waals surface area contributed by atoms with E-state index in [2.05, 4.69) is 9.98 Å². The number of amidine groups is 1. The molecule has 0 N–H and O–H groups in total. The molecule has 31 heavy (non-hydrogen) atoms. The molecule has 1 aromatic heterocycles. The highest BCUT2D eigenvalue weighted by molar-refractivity contribution is 8.19. The highest BCUT2D eigenvalue weighted by Gasteiger charge is 2.35. The van der Waals surface area contributed by atoms with Crippen molar-refractivity contribution in [3.05, 3.63) is 87.4 Å². The molecule has 0 spiro atoms. The lowest BCUT2D eigenvalue weighted by Crippen LogP contribution is -2.28. The number of amides is 1. The van der Waals surface area contributed by atoms with Crippen LogP contribution in [0.1, 0.15) is 12.5 Å². The van der Waals surface area contributed by atoms with Gasteiger partial charge in [-0.3, -0.25) is 9.69 Å². The van der Waals surface area contributed by atoms with E-state index in [1.54, 1.807) is 41.4 Å². The number of anilines is 1. The number of aliphatic imine (C=N–C) groups is 1. The van der Waals surface area contributed by atoms with Crippen LogP contribution in [0, 0.1) is 0 Å². The Kier molecular flexibility index (Phi) is 6.61. The third-order valence-corrected chi connectivity index (χ3v) is 5.85. The number of rotatable bonds is 5. The Morgan fingerprint density at radius 2 is 1.94 bits per heavy atom. The Balaban J connectivity index is 1.75. The molecule has 156 valence electrons. The molecule has 1 aliphatic heterocycles. The zero-order valence-corrected chi connectivity index (χ0v) is 18.8. The zero-order chi connectivity index (χ0) is 21.8. The van der Waals surface area contributed by atoms with Gasteiger partial charge >= 0.3 is 0 Å². The third-order valence-electron chi connectivity index (χ3n) is 4.32. The van der Waals surface area contributed by atoms with Gasteiger partial charge in [0.25, 0.3) is 5.91 Å². The normalized spacial score (nSPS) is 16.4. The monoisotopic (exact) mass is 469 g/mol. The van der Waals surface area contributed by atoms with Crippen LogP contribution >= 0.6 is 35.0 Å². The maximum Gasteiger partial charge on any atom is 0.271 e. The summed E-state index contributed by atoms with van der Waals surface area (Å²) in [7, 11) is 0. The van der Waals surface area contributed by atoms with Gasteiger partial charge in [0.1, 0.15) is 5.75 Å². The van der Waals surface area contributed by atoms with Gasteiger partial charge in [-0.05, 0) is 78.9 Å². The van der Waals surface area contributed by atoms with Crippen LogP contribution in [0.15, 0.2) is 76.8 Å². The lowest BCUT2D eigenvalue weighted by atomic mass is 10.2. The van der Waals surface area contributed by atoms with E-state index in [1.807, 2.05) is 43.3 Å². The van der Waals surface area contributed by atoms with E-state index in [0.717, 1.165) is 5.75 Å². The van der Waals surface area contributed by atoms with E-state index in [-0.39, 0.29) is 5.91 Å². The summed E-state index contributed by atoms with van der Waals surface area (Å²) < 4.78 is 5.51. The maximum absolute atomic E-state index is 13.3. The Labute approximate surface area is 194 Å². The summed E-state index contributed by atoms with van der Waals surface area (Å²) in [4.78, 5) is 24.2.